The number of aliphatic carboxylic acids is 3. The van der Waals surface area contributed by atoms with Gasteiger partial charge in [0.05, 0.1) is 12.8 Å². The standard InChI is InChI=1S/C8H10O8.Ca/c1-4(9)16-8(7(14)15,2-5(10)11)3-6(12)13;/h2-3H2,1H3,(H,10,11)(H,12,13)(H,14,15);/q;+2. The van der Waals surface area contributed by atoms with Crippen LogP contribution in [0.15, 0.2) is 0 Å². The fourth-order valence-electron chi connectivity index (χ4n) is 1.09. The van der Waals surface area contributed by atoms with Gasteiger partial charge < -0.3 is 20.1 Å². The zero-order valence-electron chi connectivity index (χ0n) is 9.00. The predicted molar refractivity (Wildman–Crippen MR) is 52.4 cm³/mol. The molecule has 90 valence electrons. The van der Waals surface area contributed by atoms with E-state index in [1.165, 1.54) is 0 Å². The number of rotatable bonds is 6. The molecule has 0 aromatic rings. The van der Waals surface area contributed by atoms with E-state index in [0.717, 1.165) is 6.92 Å². The molecule has 0 aliphatic carbocycles. The number of carboxylic acid groups (broad SMARTS) is 3. The smallest absolute Gasteiger partial charge is 0.481 e. The van der Waals surface area contributed by atoms with Gasteiger partial charge in [0, 0.05) is 6.92 Å². The van der Waals surface area contributed by atoms with Crippen molar-refractivity contribution >= 4 is 61.6 Å². The first-order valence-electron chi connectivity index (χ1n) is 4.06. The Hall–Kier alpha value is -0.860. The molecule has 0 radical (unpaired) electrons. The van der Waals surface area contributed by atoms with Gasteiger partial charge in [0.1, 0.15) is 0 Å². The van der Waals surface area contributed by atoms with Crippen LogP contribution >= 0.6 is 0 Å². The molecule has 0 bridgehead atoms. The Labute approximate surface area is 126 Å². The van der Waals surface area contributed by atoms with E-state index < -0.39 is 42.3 Å². The van der Waals surface area contributed by atoms with E-state index >= 15 is 0 Å². The summed E-state index contributed by atoms with van der Waals surface area (Å²) in [6.07, 6.45) is -2.23. The first-order chi connectivity index (χ1) is 7.19. The fourth-order valence-corrected chi connectivity index (χ4v) is 1.09. The van der Waals surface area contributed by atoms with Gasteiger partial charge in [-0.1, -0.05) is 0 Å². The number of hydrogen-bond donors (Lipinski definition) is 3. The molecular weight excluding hydrogens is 264 g/mol. The van der Waals surface area contributed by atoms with Crippen LogP contribution in [0.25, 0.3) is 0 Å². The Balaban J connectivity index is 0. The maximum absolute atomic E-state index is 10.8. The van der Waals surface area contributed by atoms with Crippen LogP contribution in [-0.2, 0) is 23.9 Å². The number of hydrogen-bond acceptors (Lipinski definition) is 5. The van der Waals surface area contributed by atoms with Gasteiger partial charge in [0.15, 0.2) is 0 Å². The molecule has 3 N–H and O–H groups in total. The molecule has 0 aromatic carbocycles. The summed E-state index contributed by atoms with van der Waals surface area (Å²) in [5.41, 5.74) is -2.57. The van der Waals surface area contributed by atoms with E-state index in [-0.39, 0.29) is 37.7 Å². The molecule has 0 heterocycles. The van der Waals surface area contributed by atoms with Gasteiger partial charge in [-0.2, -0.15) is 0 Å². The maximum atomic E-state index is 10.8. The first kappa shape index (κ1) is 18.5. The Morgan fingerprint density at radius 1 is 1.00 bits per heavy atom. The summed E-state index contributed by atoms with van der Waals surface area (Å²) in [7, 11) is 0. The van der Waals surface area contributed by atoms with E-state index in [0.29, 0.717) is 0 Å². The van der Waals surface area contributed by atoms with Crippen LogP contribution in [0.2, 0.25) is 0 Å². The van der Waals surface area contributed by atoms with Crippen LogP contribution < -0.4 is 0 Å². The fraction of sp³-hybridized carbons (Fsp3) is 0.500. The van der Waals surface area contributed by atoms with Crippen molar-refractivity contribution in [3.8, 4) is 0 Å². The molecular formula is C8H10CaO8+2. The SMILES string of the molecule is CC(=O)OC(CC(=O)O)(CC(=O)O)C(=O)O.[Ca+2]. The molecule has 0 aliphatic rings. The number of carbonyl (C=O) groups is 4. The van der Waals surface area contributed by atoms with Gasteiger partial charge in [-0.25, -0.2) is 4.79 Å². The average molecular weight is 274 g/mol. The van der Waals surface area contributed by atoms with Gasteiger partial charge >= 0.3 is 61.6 Å². The quantitative estimate of drug-likeness (QED) is 0.411. The molecule has 0 amide bonds. The number of carbonyl (C=O) groups excluding carboxylic acids is 1. The van der Waals surface area contributed by atoms with Gasteiger partial charge in [-0.15, -0.1) is 0 Å². The Morgan fingerprint density at radius 3 is 1.53 bits per heavy atom. The molecule has 8 nitrogen and oxygen atoms in total. The van der Waals surface area contributed by atoms with E-state index in [4.69, 9.17) is 15.3 Å². The van der Waals surface area contributed by atoms with Gasteiger partial charge in [-0.3, -0.25) is 14.4 Å². The zero-order chi connectivity index (χ0) is 12.9. The molecule has 0 aromatic heterocycles. The Kier molecular flexibility index (Phi) is 8.12. The van der Waals surface area contributed by atoms with Crippen molar-refractivity contribution in [2.45, 2.75) is 25.4 Å². The summed E-state index contributed by atoms with van der Waals surface area (Å²) >= 11 is 0. The molecule has 17 heavy (non-hydrogen) atoms. The predicted octanol–water partition coefficient (Wildman–Crippen LogP) is -1.06. The third-order valence-electron chi connectivity index (χ3n) is 1.60. The Bertz CT molecular complexity index is 296. The van der Waals surface area contributed by atoms with Crippen molar-refractivity contribution in [1.82, 2.24) is 0 Å². The summed E-state index contributed by atoms with van der Waals surface area (Å²) in [5, 5.41) is 25.7. The second-order valence-electron chi connectivity index (χ2n) is 3.03. The molecule has 0 spiro atoms. The molecule has 0 fully saturated rings. The van der Waals surface area contributed by atoms with Crippen molar-refractivity contribution in [2.24, 2.45) is 0 Å². The normalized spacial score (nSPS) is 9.94. The minimum absolute atomic E-state index is 0. The van der Waals surface area contributed by atoms with Crippen LogP contribution in [-0.4, -0.2) is 82.5 Å². The molecule has 0 saturated heterocycles. The average Bonchev–Trinajstić information content (AvgIpc) is 1.98. The second kappa shape index (κ2) is 7.46. The van der Waals surface area contributed by atoms with Crippen molar-refractivity contribution in [3.05, 3.63) is 0 Å². The number of esters is 1. The van der Waals surface area contributed by atoms with Gasteiger partial charge in [0.2, 0.25) is 5.60 Å². The third kappa shape index (κ3) is 6.44. The molecule has 0 atom stereocenters. The molecule has 0 rings (SSSR count). The van der Waals surface area contributed by atoms with E-state index in [2.05, 4.69) is 4.74 Å². The molecule has 0 aliphatic heterocycles. The largest absolute Gasteiger partial charge is 2.00 e. The van der Waals surface area contributed by atoms with Crippen molar-refractivity contribution < 1.29 is 39.2 Å². The molecule has 0 saturated carbocycles. The van der Waals surface area contributed by atoms with Crippen LogP contribution in [0.3, 0.4) is 0 Å². The van der Waals surface area contributed by atoms with Crippen LogP contribution in [0.5, 0.6) is 0 Å². The monoisotopic (exact) mass is 274 g/mol. The van der Waals surface area contributed by atoms with Crippen LogP contribution in [0.1, 0.15) is 19.8 Å². The topological polar surface area (TPSA) is 138 Å². The summed E-state index contributed by atoms with van der Waals surface area (Å²) in [4.78, 5) is 42.3. The number of ether oxygens (including phenoxy) is 1. The minimum Gasteiger partial charge on any atom is -0.481 e. The van der Waals surface area contributed by atoms with Crippen molar-refractivity contribution in [2.75, 3.05) is 0 Å². The van der Waals surface area contributed by atoms with Gasteiger partial charge in [-0.05, 0) is 0 Å². The summed E-state index contributed by atoms with van der Waals surface area (Å²) in [6, 6.07) is 0. The van der Waals surface area contributed by atoms with E-state index in [1.807, 2.05) is 0 Å². The van der Waals surface area contributed by atoms with Crippen LogP contribution in [0, 0.1) is 0 Å². The molecule has 0 unspecified atom stereocenters. The van der Waals surface area contributed by atoms with E-state index in [1.54, 1.807) is 0 Å². The van der Waals surface area contributed by atoms with Crippen LogP contribution in [0.4, 0.5) is 0 Å². The Morgan fingerprint density at radius 2 is 1.35 bits per heavy atom. The summed E-state index contributed by atoms with van der Waals surface area (Å²) in [5.74, 6) is -6.03. The maximum Gasteiger partial charge on any atom is 2.00 e. The van der Waals surface area contributed by atoms with Crippen molar-refractivity contribution in [3.63, 3.8) is 0 Å². The zero-order valence-corrected chi connectivity index (χ0v) is 11.2. The number of carboxylic acids is 3. The minimum atomic E-state index is -2.57. The summed E-state index contributed by atoms with van der Waals surface area (Å²) < 4.78 is 4.32. The second-order valence-corrected chi connectivity index (χ2v) is 3.03. The molecule has 9 heteroatoms. The van der Waals surface area contributed by atoms with Crippen molar-refractivity contribution in [1.29, 1.82) is 0 Å². The van der Waals surface area contributed by atoms with Gasteiger partial charge in [0.25, 0.3) is 0 Å². The third-order valence-corrected chi connectivity index (χ3v) is 1.60. The van der Waals surface area contributed by atoms with E-state index in [9.17, 15) is 19.2 Å². The first-order valence-corrected chi connectivity index (χ1v) is 4.06. The summed E-state index contributed by atoms with van der Waals surface area (Å²) in [6.45, 7) is 0.862.